The fraction of sp³-hybridized carbons (Fsp3) is 0.500. The Morgan fingerprint density at radius 3 is 2.40 bits per heavy atom. The Balaban J connectivity index is 2.94. The average molecular weight is 369 g/mol. The zero-order chi connectivity index (χ0) is 19.2. The molecule has 0 aliphatic rings. The second kappa shape index (κ2) is 8.85. The number of benzene rings is 1. The van der Waals surface area contributed by atoms with Crippen LogP contribution in [-0.2, 0) is 9.59 Å². The minimum absolute atomic E-state index is 0.0988. The molecule has 0 saturated carbocycles. The van der Waals surface area contributed by atoms with Crippen molar-refractivity contribution in [1.82, 2.24) is 4.90 Å². The van der Waals surface area contributed by atoms with E-state index >= 15 is 0 Å². The number of hydrogen-bond acceptors (Lipinski definition) is 3. The molecule has 0 aromatic heterocycles. The van der Waals surface area contributed by atoms with E-state index in [2.05, 4.69) is 5.32 Å². The summed E-state index contributed by atoms with van der Waals surface area (Å²) in [6.07, 6.45) is 0.206. The smallest absolute Gasteiger partial charge is 0.305 e. The molecule has 0 radical (unpaired) electrons. The van der Waals surface area contributed by atoms with Gasteiger partial charge in [-0.25, -0.2) is 0 Å². The minimum atomic E-state index is -0.972. The Bertz CT molecular complexity index is 653. The van der Waals surface area contributed by atoms with Gasteiger partial charge in [0.2, 0.25) is 5.91 Å². The van der Waals surface area contributed by atoms with Crippen LogP contribution >= 0.6 is 11.6 Å². The van der Waals surface area contributed by atoms with Crippen LogP contribution in [0.25, 0.3) is 0 Å². The number of amides is 2. The van der Waals surface area contributed by atoms with Crippen LogP contribution in [0.15, 0.2) is 18.2 Å². The minimum Gasteiger partial charge on any atom is -0.481 e. The monoisotopic (exact) mass is 368 g/mol. The molecule has 2 N–H and O–H groups in total. The Labute approximate surface area is 153 Å². The fourth-order valence-electron chi connectivity index (χ4n) is 2.26. The summed E-state index contributed by atoms with van der Waals surface area (Å²) in [6, 6.07) is 4.70. The van der Waals surface area contributed by atoms with Crippen molar-refractivity contribution in [3.05, 3.63) is 28.8 Å². The summed E-state index contributed by atoms with van der Waals surface area (Å²) in [5, 5.41) is 11.8. The summed E-state index contributed by atoms with van der Waals surface area (Å²) in [7, 11) is 0. The van der Waals surface area contributed by atoms with Crippen LogP contribution in [0.5, 0.6) is 0 Å². The van der Waals surface area contributed by atoms with Gasteiger partial charge in [-0.2, -0.15) is 0 Å². The number of nitrogens with zero attached hydrogens (tertiary/aromatic N) is 1. The van der Waals surface area contributed by atoms with Crippen molar-refractivity contribution < 1.29 is 19.5 Å². The highest BCUT2D eigenvalue weighted by Crippen LogP contribution is 2.24. The zero-order valence-electron chi connectivity index (χ0n) is 15.1. The van der Waals surface area contributed by atoms with Crippen LogP contribution in [0.2, 0.25) is 5.02 Å². The maximum absolute atomic E-state index is 12.6. The number of carbonyl (C=O) groups excluding carboxylic acids is 2. The number of carboxylic acid groups (broad SMARTS) is 1. The molecular formula is C18H25ClN2O4. The lowest BCUT2D eigenvalue weighted by Crippen LogP contribution is -2.33. The summed E-state index contributed by atoms with van der Waals surface area (Å²) in [6.45, 7) is 8.12. The van der Waals surface area contributed by atoms with Crippen molar-refractivity contribution in [2.45, 2.75) is 40.5 Å². The van der Waals surface area contributed by atoms with Gasteiger partial charge >= 0.3 is 5.97 Å². The highest BCUT2D eigenvalue weighted by atomic mass is 35.5. The van der Waals surface area contributed by atoms with Gasteiger partial charge in [-0.05, 0) is 30.5 Å². The number of nitrogens with one attached hydrogen (secondary N) is 1. The van der Waals surface area contributed by atoms with Gasteiger partial charge in [0.25, 0.3) is 5.91 Å². The van der Waals surface area contributed by atoms with Gasteiger partial charge in [0.05, 0.1) is 17.0 Å². The lowest BCUT2D eigenvalue weighted by Gasteiger charge is -2.21. The first kappa shape index (κ1) is 21.0. The number of hydrogen-bond donors (Lipinski definition) is 2. The topological polar surface area (TPSA) is 86.7 Å². The van der Waals surface area contributed by atoms with Crippen molar-refractivity contribution in [2.75, 3.05) is 18.4 Å². The van der Waals surface area contributed by atoms with Gasteiger partial charge in [-0.1, -0.05) is 32.4 Å². The highest BCUT2D eigenvalue weighted by Gasteiger charge is 2.20. The molecule has 0 saturated heterocycles. The summed E-state index contributed by atoms with van der Waals surface area (Å²) in [4.78, 5) is 36.8. The number of aliphatic carboxylic acids is 1. The molecule has 138 valence electrons. The molecule has 1 rings (SSSR count). The molecular weight excluding hydrogens is 344 g/mol. The first-order valence-corrected chi connectivity index (χ1v) is 8.51. The van der Waals surface area contributed by atoms with Gasteiger partial charge < -0.3 is 15.3 Å². The molecule has 1 aromatic carbocycles. The van der Waals surface area contributed by atoms with Crippen molar-refractivity contribution in [2.24, 2.45) is 5.41 Å². The third-order valence-corrected chi connectivity index (χ3v) is 3.77. The van der Waals surface area contributed by atoms with Crippen LogP contribution in [0, 0.1) is 5.41 Å². The average Bonchev–Trinajstić information content (AvgIpc) is 2.47. The molecule has 0 atom stereocenters. The Hall–Kier alpha value is -2.08. The van der Waals surface area contributed by atoms with E-state index < -0.39 is 5.97 Å². The van der Waals surface area contributed by atoms with Crippen molar-refractivity contribution >= 4 is 35.1 Å². The van der Waals surface area contributed by atoms with Gasteiger partial charge in [0.15, 0.2) is 0 Å². The highest BCUT2D eigenvalue weighted by molar-refractivity contribution is 6.34. The lowest BCUT2D eigenvalue weighted by atomic mass is 9.92. The molecule has 0 aliphatic carbocycles. The van der Waals surface area contributed by atoms with E-state index in [0.29, 0.717) is 18.7 Å². The molecule has 6 nitrogen and oxygen atoms in total. The van der Waals surface area contributed by atoms with E-state index in [4.69, 9.17) is 16.7 Å². The molecule has 0 unspecified atom stereocenters. The maximum atomic E-state index is 12.6. The molecule has 2 amide bonds. The SMILES string of the molecule is CCN(CCC(=O)O)C(=O)c1cc(NC(=O)CC(C)(C)C)ccc1Cl. The van der Waals surface area contributed by atoms with Crippen LogP contribution in [0.4, 0.5) is 5.69 Å². The van der Waals surface area contributed by atoms with E-state index in [9.17, 15) is 14.4 Å². The quantitative estimate of drug-likeness (QED) is 0.769. The largest absolute Gasteiger partial charge is 0.481 e. The maximum Gasteiger partial charge on any atom is 0.305 e. The van der Waals surface area contributed by atoms with Crippen molar-refractivity contribution in [3.63, 3.8) is 0 Å². The van der Waals surface area contributed by atoms with Gasteiger partial charge in [-0.3, -0.25) is 14.4 Å². The van der Waals surface area contributed by atoms with Gasteiger partial charge in [0, 0.05) is 25.2 Å². The van der Waals surface area contributed by atoms with Crippen LogP contribution in [0.3, 0.4) is 0 Å². The van der Waals surface area contributed by atoms with Gasteiger partial charge in [-0.15, -0.1) is 0 Å². The Kier molecular flexibility index (Phi) is 7.42. The first-order valence-electron chi connectivity index (χ1n) is 8.14. The number of carbonyl (C=O) groups is 3. The van der Waals surface area contributed by atoms with Gasteiger partial charge in [0.1, 0.15) is 0 Å². The van der Waals surface area contributed by atoms with Crippen LogP contribution < -0.4 is 5.32 Å². The van der Waals surface area contributed by atoms with Crippen molar-refractivity contribution in [3.8, 4) is 0 Å². The van der Waals surface area contributed by atoms with Crippen LogP contribution in [-0.4, -0.2) is 40.9 Å². The summed E-state index contributed by atoms with van der Waals surface area (Å²) in [5.41, 5.74) is 0.573. The third kappa shape index (κ3) is 7.13. The number of halogens is 1. The molecule has 25 heavy (non-hydrogen) atoms. The molecule has 1 aromatic rings. The van der Waals surface area contributed by atoms with E-state index in [1.54, 1.807) is 19.1 Å². The van der Waals surface area contributed by atoms with E-state index in [1.807, 2.05) is 20.8 Å². The van der Waals surface area contributed by atoms with E-state index in [0.717, 1.165) is 0 Å². The zero-order valence-corrected chi connectivity index (χ0v) is 15.8. The normalized spacial score (nSPS) is 11.1. The molecule has 0 fully saturated rings. The number of carboxylic acids is 1. The predicted octanol–water partition coefficient (Wildman–Crippen LogP) is 3.65. The lowest BCUT2D eigenvalue weighted by molar-refractivity contribution is -0.137. The second-order valence-corrected chi connectivity index (χ2v) is 7.42. The Morgan fingerprint density at radius 2 is 1.88 bits per heavy atom. The third-order valence-electron chi connectivity index (χ3n) is 3.44. The summed E-state index contributed by atoms with van der Waals surface area (Å²) >= 11 is 6.12. The summed E-state index contributed by atoms with van der Waals surface area (Å²) in [5.74, 6) is -1.48. The number of rotatable bonds is 7. The number of anilines is 1. The predicted molar refractivity (Wildman–Crippen MR) is 98.0 cm³/mol. The Morgan fingerprint density at radius 1 is 1.24 bits per heavy atom. The summed E-state index contributed by atoms with van der Waals surface area (Å²) < 4.78 is 0. The van der Waals surface area contributed by atoms with E-state index in [-0.39, 0.29) is 40.8 Å². The molecule has 0 heterocycles. The molecule has 0 aliphatic heterocycles. The first-order chi connectivity index (χ1) is 11.5. The molecule has 0 bridgehead atoms. The second-order valence-electron chi connectivity index (χ2n) is 7.01. The van der Waals surface area contributed by atoms with Crippen LogP contribution in [0.1, 0.15) is 50.9 Å². The standard InChI is InChI=1S/C18H25ClN2O4/c1-5-21(9-8-16(23)24)17(25)13-10-12(6-7-14(13)19)20-15(22)11-18(2,3)4/h6-7,10H,5,8-9,11H2,1-4H3,(H,20,22)(H,23,24). The fourth-order valence-corrected chi connectivity index (χ4v) is 2.46. The molecule has 7 heteroatoms. The molecule has 0 spiro atoms. The van der Waals surface area contributed by atoms with Crippen molar-refractivity contribution in [1.29, 1.82) is 0 Å². The van der Waals surface area contributed by atoms with E-state index in [1.165, 1.54) is 11.0 Å².